The summed E-state index contributed by atoms with van der Waals surface area (Å²) in [6, 6.07) is 16.8. The molecule has 2 aromatic carbocycles. The number of hydrogen-bond acceptors (Lipinski definition) is 3. The molecule has 150 valence electrons. The van der Waals surface area contributed by atoms with Crippen molar-refractivity contribution in [1.82, 2.24) is 15.1 Å². The smallest absolute Gasteiger partial charge is 0.257 e. The average molecular weight is 454 g/mol. The molecule has 3 aromatic rings. The van der Waals surface area contributed by atoms with Crippen LogP contribution in [0.3, 0.4) is 0 Å². The van der Waals surface area contributed by atoms with Gasteiger partial charge in [0.15, 0.2) is 0 Å². The van der Waals surface area contributed by atoms with Gasteiger partial charge in [-0.15, -0.1) is 0 Å². The molecule has 1 aromatic heterocycles. The maximum Gasteiger partial charge on any atom is 0.257 e. The first-order valence-electron chi connectivity index (χ1n) is 9.36. The van der Waals surface area contributed by atoms with Crippen molar-refractivity contribution < 1.29 is 4.79 Å². The van der Waals surface area contributed by atoms with E-state index < -0.39 is 0 Å². The minimum absolute atomic E-state index is 0.208. The lowest BCUT2D eigenvalue weighted by atomic mass is 10.1. The number of nitrogens with zero attached hydrogens (tertiary/aromatic N) is 3. The first kappa shape index (κ1) is 20.8. The van der Waals surface area contributed by atoms with Gasteiger partial charge >= 0.3 is 0 Å². The summed E-state index contributed by atoms with van der Waals surface area (Å²) in [5, 5.41) is 10.5. The van der Waals surface area contributed by atoms with E-state index >= 15 is 0 Å². The molecule has 29 heavy (non-hydrogen) atoms. The van der Waals surface area contributed by atoms with Crippen molar-refractivity contribution in [2.45, 2.75) is 20.3 Å². The normalized spacial score (nSPS) is 11.4. The summed E-state index contributed by atoms with van der Waals surface area (Å²) >= 11 is 3.46. The summed E-state index contributed by atoms with van der Waals surface area (Å²) in [4.78, 5) is 17.2. The van der Waals surface area contributed by atoms with Crippen molar-refractivity contribution in [3.63, 3.8) is 0 Å². The first-order chi connectivity index (χ1) is 13.9. The predicted octanol–water partition coefficient (Wildman–Crippen LogP) is 4.24. The topological polar surface area (TPSA) is 71.3 Å². The summed E-state index contributed by atoms with van der Waals surface area (Å²) in [5.41, 5.74) is 4.74. The molecule has 0 aliphatic heterocycles. The molecule has 0 fully saturated rings. The molecular weight excluding hydrogens is 430 g/mol. The molecule has 1 heterocycles. The molecule has 2 N–H and O–H groups in total. The van der Waals surface area contributed by atoms with E-state index in [1.165, 1.54) is 5.56 Å². The number of benzene rings is 2. The zero-order chi connectivity index (χ0) is 20.8. The van der Waals surface area contributed by atoms with Crippen LogP contribution < -0.4 is 10.6 Å². The summed E-state index contributed by atoms with van der Waals surface area (Å²) in [6.45, 7) is 4.58. The van der Waals surface area contributed by atoms with Gasteiger partial charge in [-0.1, -0.05) is 40.2 Å². The number of anilines is 1. The van der Waals surface area contributed by atoms with Gasteiger partial charge in [-0.2, -0.15) is 5.10 Å². The van der Waals surface area contributed by atoms with Gasteiger partial charge in [0.25, 0.3) is 5.91 Å². The molecular formula is C22H24BrN5O. The molecule has 0 radical (unpaired) electrons. The third-order valence-electron chi connectivity index (χ3n) is 4.65. The lowest BCUT2D eigenvalue weighted by Gasteiger charge is -2.12. The van der Waals surface area contributed by atoms with Crippen LogP contribution in [0, 0.1) is 13.8 Å². The standard InChI is InChI=1S/C22H24BrN5O/c1-15-20(16(2)28(3)27-15)12-13-24-22(25-19-11-7-10-18(23)14-19)26-21(29)17-8-5-4-6-9-17/h4-11,14H,12-13H2,1-3H3,(H2,24,25,26,29). The van der Waals surface area contributed by atoms with Crippen LogP contribution in [0.4, 0.5) is 5.69 Å². The van der Waals surface area contributed by atoms with Crippen LogP contribution in [0.2, 0.25) is 0 Å². The van der Waals surface area contributed by atoms with E-state index in [1.807, 2.05) is 61.1 Å². The Bertz CT molecular complexity index is 1030. The fraction of sp³-hybridized carbons (Fsp3) is 0.227. The number of rotatable bonds is 5. The molecule has 0 aliphatic rings. The molecule has 6 nitrogen and oxygen atoms in total. The van der Waals surface area contributed by atoms with Crippen LogP contribution in [0.5, 0.6) is 0 Å². The summed E-state index contributed by atoms with van der Waals surface area (Å²) in [5.74, 6) is 0.205. The van der Waals surface area contributed by atoms with Crippen molar-refractivity contribution in [2.75, 3.05) is 11.9 Å². The van der Waals surface area contributed by atoms with Gasteiger partial charge < -0.3 is 5.32 Å². The number of halogens is 1. The highest BCUT2D eigenvalue weighted by molar-refractivity contribution is 9.10. The molecule has 0 spiro atoms. The number of amides is 1. The van der Waals surface area contributed by atoms with E-state index in [0.717, 1.165) is 28.0 Å². The van der Waals surface area contributed by atoms with Crippen molar-refractivity contribution in [2.24, 2.45) is 12.0 Å². The number of hydrogen-bond donors (Lipinski definition) is 2. The van der Waals surface area contributed by atoms with Crippen LogP contribution in [0.25, 0.3) is 0 Å². The number of carbonyl (C=O) groups excluding carboxylic acids is 1. The van der Waals surface area contributed by atoms with Gasteiger partial charge in [-0.25, -0.2) is 0 Å². The third-order valence-corrected chi connectivity index (χ3v) is 5.14. The Balaban J connectivity index is 1.77. The molecule has 7 heteroatoms. The Morgan fingerprint density at radius 2 is 1.90 bits per heavy atom. The van der Waals surface area contributed by atoms with E-state index in [9.17, 15) is 4.79 Å². The Morgan fingerprint density at radius 3 is 2.55 bits per heavy atom. The van der Waals surface area contributed by atoms with E-state index in [0.29, 0.717) is 18.1 Å². The minimum Gasteiger partial charge on any atom is -0.326 e. The second-order valence-corrected chi connectivity index (χ2v) is 7.62. The SMILES string of the molecule is Cc1nn(C)c(C)c1CCN=C(NC(=O)c1ccccc1)Nc1cccc(Br)c1. The van der Waals surface area contributed by atoms with Crippen molar-refractivity contribution in [3.05, 3.63) is 81.6 Å². The highest BCUT2D eigenvalue weighted by Crippen LogP contribution is 2.16. The number of guanidine groups is 1. The Hall–Kier alpha value is -2.93. The Morgan fingerprint density at radius 1 is 1.14 bits per heavy atom. The van der Waals surface area contributed by atoms with E-state index in [4.69, 9.17) is 0 Å². The molecule has 0 unspecified atom stereocenters. The van der Waals surface area contributed by atoms with E-state index in [-0.39, 0.29) is 5.91 Å². The Kier molecular flexibility index (Phi) is 6.82. The fourth-order valence-corrected chi connectivity index (χ4v) is 3.44. The summed E-state index contributed by atoms with van der Waals surface area (Å²) in [7, 11) is 1.94. The van der Waals surface area contributed by atoms with Crippen molar-refractivity contribution in [3.8, 4) is 0 Å². The number of aliphatic imine (C=N–C) groups is 1. The van der Waals surface area contributed by atoms with Gasteiger partial charge in [0.1, 0.15) is 0 Å². The lowest BCUT2D eigenvalue weighted by Crippen LogP contribution is -2.36. The highest BCUT2D eigenvalue weighted by Gasteiger charge is 2.11. The molecule has 3 rings (SSSR count). The zero-order valence-electron chi connectivity index (χ0n) is 16.7. The summed E-state index contributed by atoms with van der Waals surface area (Å²) < 4.78 is 2.82. The van der Waals surface area contributed by atoms with Crippen LogP contribution in [0.15, 0.2) is 64.1 Å². The number of aryl methyl sites for hydroxylation is 2. The summed E-state index contributed by atoms with van der Waals surface area (Å²) in [6.07, 6.45) is 0.746. The molecule has 0 atom stereocenters. The van der Waals surface area contributed by atoms with Gasteiger partial charge in [-0.3, -0.25) is 19.8 Å². The molecule has 0 saturated carbocycles. The molecule has 0 saturated heterocycles. The fourth-order valence-electron chi connectivity index (χ4n) is 3.04. The largest absolute Gasteiger partial charge is 0.326 e. The Labute approximate surface area is 179 Å². The second-order valence-electron chi connectivity index (χ2n) is 6.71. The van der Waals surface area contributed by atoms with Gasteiger partial charge in [-0.05, 0) is 56.2 Å². The predicted molar refractivity (Wildman–Crippen MR) is 120 cm³/mol. The average Bonchev–Trinajstić information content (AvgIpc) is 2.94. The van der Waals surface area contributed by atoms with Gasteiger partial charge in [0, 0.05) is 35.0 Å². The minimum atomic E-state index is -0.208. The van der Waals surface area contributed by atoms with Crippen LogP contribution in [-0.4, -0.2) is 28.2 Å². The number of carbonyl (C=O) groups is 1. The van der Waals surface area contributed by atoms with Crippen LogP contribution in [-0.2, 0) is 13.5 Å². The monoisotopic (exact) mass is 453 g/mol. The first-order valence-corrected chi connectivity index (χ1v) is 10.2. The van der Waals surface area contributed by atoms with Crippen LogP contribution >= 0.6 is 15.9 Å². The maximum absolute atomic E-state index is 12.6. The molecule has 1 amide bonds. The third kappa shape index (κ3) is 5.54. The lowest BCUT2D eigenvalue weighted by molar-refractivity contribution is 0.0977. The highest BCUT2D eigenvalue weighted by atomic mass is 79.9. The van der Waals surface area contributed by atoms with E-state index in [1.54, 1.807) is 12.1 Å². The quantitative estimate of drug-likeness (QED) is 0.448. The van der Waals surface area contributed by atoms with Crippen molar-refractivity contribution >= 4 is 33.5 Å². The van der Waals surface area contributed by atoms with E-state index in [2.05, 4.69) is 43.6 Å². The maximum atomic E-state index is 12.6. The molecule has 0 bridgehead atoms. The molecule has 0 aliphatic carbocycles. The van der Waals surface area contributed by atoms with Gasteiger partial charge in [0.2, 0.25) is 5.96 Å². The number of aromatic nitrogens is 2. The zero-order valence-corrected chi connectivity index (χ0v) is 18.3. The number of nitrogens with one attached hydrogen (secondary N) is 2. The second kappa shape index (κ2) is 9.52. The van der Waals surface area contributed by atoms with Gasteiger partial charge in [0.05, 0.1) is 5.69 Å². The van der Waals surface area contributed by atoms with Crippen molar-refractivity contribution in [1.29, 1.82) is 0 Å². The van der Waals surface area contributed by atoms with Crippen LogP contribution in [0.1, 0.15) is 27.3 Å².